The lowest BCUT2D eigenvalue weighted by molar-refractivity contribution is -0.132. The SMILES string of the molecule is Cn1c(=O)n(CCC(=O)N(Cc2ccco2)Cc2cccs2)c2ccccc21. The van der Waals surface area contributed by atoms with E-state index in [1.54, 1.807) is 38.7 Å². The Morgan fingerprint density at radius 3 is 2.61 bits per heavy atom. The summed E-state index contributed by atoms with van der Waals surface area (Å²) in [5.74, 6) is 0.733. The molecule has 0 aliphatic carbocycles. The van der Waals surface area contributed by atoms with Crippen molar-refractivity contribution < 1.29 is 9.21 Å². The number of fused-ring (bicyclic) bond motifs is 1. The number of aromatic nitrogens is 2. The second-order valence-electron chi connectivity index (χ2n) is 6.64. The number of thiophene rings is 1. The van der Waals surface area contributed by atoms with Gasteiger partial charge in [0.05, 0.1) is 30.4 Å². The van der Waals surface area contributed by atoms with E-state index in [0.717, 1.165) is 21.7 Å². The van der Waals surface area contributed by atoms with Crippen molar-refractivity contribution in [3.63, 3.8) is 0 Å². The van der Waals surface area contributed by atoms with E-state index in [9.17, 15) is 9.59 Å². The fourth-order valence-electron chi connectivity index (χ4n) is 3.36. The lowest BCUT2D eigenvalue weighted by Crippen LogP contribution is -2.31. The maximum Gasteiger partial charge on any atom is 0.328 e. The van der Waals surface area contributed by atoms with Crippen molar-refractivity contribution in [2.75, 3.05) is 0 Å². The summed E-state index contributed by atoms with van der Waals surface area (Å²) in [7, 11) is 1.75. The Labute approximate surface area is 166 Å². The Morgan fingerprint density at radius 2 is 1.89 bits per heavy atom. The summed E-state index contributed by atoms with van der Waals surface area (Å²) in [4.78, 5) is 28.5. The van der Waals surface area contributed by atoms with E-state index < -0.39 is 0 Å². The molecule has 0 radical (unpaired) electrons. The predicted molar refractivity (Wildman–Crippen MR) is 109 cm³/mol. The molecule has 4 aromatic rings. The van der Waals surface area contributed by atoms with Gasteiger partial charge >= 0.3 is 5.69 Å². The van der Waals surface area contributed by atoms with Gasteiger partial charge in [-0.15, -0.1) is 11.3 Å². The van der Waals surface area contributed by atoms with Crippen molar-refractivity contribution in [1.82, 2.24) is 14.0 Å². The molecule has 0 bridgehead atoms. The molecule has 3 aromatic heterocycles. The number of imidazole rings is 1. The molecule has 0 spiro atoms. The summed E-state index contributed by atoms with van der Waals surface area (Å²) >= 11 is 1.62. The number of para-hydroxylation sites is 2. The van der Waals surface area contributed by atoms with Crippen molar-refractivity contribution >= 4 is 28.3 Å². The number of hydrogen-bond acceptors (Lipinski definition) is 4. The third-order valence-corrected chi connectivity index (χ3v) is 5.67. The van der Waals surface area contributed by atoms with Gasteiger partial charge in [0.15, 0.2) is 0 Å². The first-order valence-electron chi connectivity index (χ1n) is 9.10. The largest absolute Gasteiger partial charge is 0.467 e. The second kappa shape index (κ2) is 7.90. The zero-order chi connectivity index (χ0) is 19.5. The number of benzene rings is 1. The maximum atomic E-state index is 13.0. The Kier molecular flexibility index (Phi) is 5.16. The van der Waals surface area contributed by atoms with Crippen LogP contribution in [0.5, 0.6) is 0 Å². The van der Waals surface area contributed by atoms with Crippen LogP contribution in [-0.4, -0.2) is 19.9 Å². The van der Waals surface area contributed by atoms with E-state index >= 15 is 0 Å². The van der Waals surface area contributed by atoms with Crippen LogP contribution in [0.3, 0.4) is 0 Å². The molecule has 7 heteroatoms. The van der Waals surface area contributed by atoms with E-state index in [4.69, 9.17) is 4.42 Å². The molecule has 0 unspecified atom stereocenters. The van der Waals surface area contributed by atoms with Crippen LogP contribution in [-0.2, 0) is 31.5 Å². The van der Waals surface area contributed by atoms with Gasteiger partial charge in [0.1, 0.15) is 5.76 Å². The molecule has 0 N–H and O–H groups in total. The van der Waals surface area contributed by atoms with Crippen molar-refractivity contribution in [2.24, 2.45) is 7.05 Å². The van der Waals surface area contributed by atoms with Crippen molar-refractivity contribution in [1.29, 1.82) is 0 Å². The predicted octanol–water partition coefficient (Wildman–Crippen LogP) is 3.61. The molecule has 3 heterocycles. The summed E-state index contributed by atoms with van der Waals surface area (Å²) < 4.78 is 8.71. The van der Waals surface area contributed by atoms with Crippen molar-refractivity contribution in [2.45, 2.75) is 26.1 Å². The quantitative estimate of drug-likeness (QED) is 0.480. The number of nitrogens with zero attached hydrogens (tertiary/aromatic N) is 3. The zero-order valence-electron chi connectivity index (χ0n) is 15.6. The summed E-state index contributed by atoms with van der Waals surface area (Å²) in [6, 6.07) is 15.3. The molecular weight excluding hydrogens is 374 g/mol. The Balaban J connectivity index is 1.53. The summed E-state index contributed by atoms with van der Waals surface area (Å²) in [6.45, 7) is 1.29. The van der Waals surface area contributed by atoms with Crippen molar-refractivity contribution in [3.8, 4) is 0 Å². The van der Waals surface area contributed by atoms with Gasteiger partial charge in [0.25, 0.3) is 0 Å². The second-order valence-corrected chi connectivity index (χ2v) is 7.67. The van der Waals surface area contributed by atoms with E-state index in [-0.39, 0.29) is 18.0 Å². The highest BCUT2D eigenvalue weighted by molar-refractivity contribution is 7.09. The molecule has 0 atom stereocenters. The van der Waals surface area contributed by atoms with E-state index in [0.29, 0.717) is 19.6 Å². The summed E-state index contributed by atoms with van der Waals surface area (Å²) in [5, 5.41) is 2.00. The first-order chi connectivity index (χ1) is 13.6. The van der Waals surface area contributed by atoms with Gasteiger partial charge in [-0.1, -0.05) is 18.2 Å². The third kappa shape index (κ3) is 3.66. The molecule has 1 aromatic carbocycles. The average Bonchev–Trinajstić information content (AvgIpc) is 3.44. The maximum absolute atomic E-state index is 13.0. The lowest BCUT2D eigenvalue weighted by atomic mass is 10.3. The highest BCUT2D eigenvalue weighted by Crippen LogP contribution is 2.17. The number of hydrogen-bond donors (Lipinski definition) is 0. The lowest BCUT2D eigenvalue weighted by Gasteiger charge is -2.21. The average molecular weight is 395 g/mol. The number of furan rings is 1. The zero-order valence-corrected chi connectivity index (χ0v) is 16.4. The Bertz CT molecular complexity index is 1090. The Morgan fingerprint density at radius 1 is 1.07 bits per heavy atom. The van der Waals surface area contributed by atoms with E-state index in [1.807, 2.05) is 53.9 Å². The fraction of sp³-hybridized carbons (Fsp3) is 0.238. The molecule has 144 valence electrons. The monoisotopic (exact) mass is 395 g/mol. The number of aryl methyl sites for hydroxylation is 2. The topological polar surface area (TPSA) is 60.4 Å². The van der Waals surface area contributed by atoms with Gasteiger partial charge in [-0.3, -0.25) is 13.9 Å². The van der Waals surface area contributed by atoms with Gasteiger partial charge in [0.2, 0.25) is 5.91 Å². The van der Waals surface area contributed by atoms with Gasteiger partial charge in [-0.25, -0.2) is 4.79 Å². The molecule has 0 saturated carbocycles. The van der Waals surface area contributed by atoms with Gasteiger partial charge < -0.3 is 9.32 Å². The highest BCUT2D eigenvalue weighted by atomic mass is 32.1. The molecule has 6 nitrogen and oxygen atoms in total. The number of carbonyl (C=O) groups excluding carboxylic acids is 1. The van der Waals surface area contributed by atoms with Crippen LogP contribution in [0.4, 0.5) is 0 Å². The molecule has 0 aliphatic rings. The van der Waals surface area contributed by atoms with Gasteiger partial charge in [-0.2, -0.15) is 0 Å². The molecule has 0 aliphatic heterocycles. The first kappa shape index (κ1) is 18.3. The van der Waals surface area contributed by atoms with Gasteiger partial charge in [-0.05, 0) is 35.7 Å². The molecule has 28 heavy (non-hydrogen) atoms. The number of rotatable bonds is 7. The smallest absolute Gasteiger partial charge is 0.328 e. The van der Waals surface area contributed by atoms with E-state index in [2.05, 4.69) is 0 Å². The molecule has 1 amide bonds. The molecule has 4 rings (SSSR count). The standard InChI is InChI=1S/C21H21N3O3S/c1-22-18-8-2-3-9-19(18)24(21(22)26)11-10-20(25)23(14-16-6-4-12-27-16)15-17-7-5-13-28-17/h2-9,12-13H,10-11,14-15H2,1H3. The normalized spacial score (nSPS) is 11.2. The minimum Gasteiger partial charge on any atom is -0.467 e. The Hall–Kier alpha value is -3.06. The van der Waals surface area contributed by atoms with Crippen LogP contribution < -0.4 is 5.69 Å². The summed E-state index contributed by atoms with van der Waals surface area (Å²) in [5.41, 5.74) is 1.61. The van der Waals surface area contributed by atoms with Crippen LogP contribution >= 0.6 is 11.3 Å². The third-order valence-electron chi connectivity index (χ3n) is 4.81. The first-order valence-corrected chi connectivity index (χ1v) is 9.98. The van der Waals surface area contributed by atoms with Gasteiger partial charge in [0, 0.05) is 24.9 Å². The van der Waals surface area contributed by atoms with Crippen molar-refractivity contribution in [3.05, 3.63) is 81.3 Å². The summed E-state index contributed by atoms with van der Waals surface area (Å²) in [6.07, 6.45) is 1.86. The van der Waals surface area contributed by atoms with Crippen LogP contribution in [0.2, 0.25) is 0 Å². The fourth-order valence-corrected chi connectivity index (χ4v) is 4.08. The van der Waals surface area contributed by atoms with Crippen LogP contribution in [0.1, 0.15) is 17.1 Å². The van der Waals surface area contributed by atoms with E-state index in [1.165, 1.54) is 0 Å². The van der Waals surface area contributed by atoms with Crippen LogP contribution in [0.25, 0.3) is 11.0 Å². The minimum absolute atomic E-state index is 0.00960. The highest BCUT2D eigenvalue weighted by Gasteiger charge is 2.18. The number of amides is 1. The number of carbonyl (C=O) groups is 1. The molecule has 0 fully saturated rings. The molecule has 0 saturated heterocycles. The molecular formula is C21H21N3O3S. The van der Waals surface area contributed by atoms with Crippen LogP contribution in [0, 0.1) is 0 Å². The minimum atomic E-state index is -0.107. The van der Waals surface area contributed by atoms with Crippen LogP contribution in [0.15, 0.2) is 69.4 Å².